The van der Waals surface area contributed by atoms with Crippen molar-refractivity contribution in [3.05, 3.63) is 201 Å². The lowest BCUT2D eigenvalue weighted by Gasteiger charge is -2.60. The Morgan fingerprint density at radius 1 is 0.569 bits per heavy atom. The summed E-state index contributed by atoms with van der Waals surface area (Å²) in [6, 6.07) is 54.2. The van der Waals surface area contributed by atoms with Gasteiger partial charge in [-0.15, -0.1) is 11.3 Å². The zero-order valence-corrected chi connectivity index (χ0v) is 34.6. The second-order valence-corrected chi connectivity index (χ2v) is 19.8. The number of para-hydroxylation sites is 1. The van der Waals surface area contributed by atoms with E-state index < -0.39 is 0 Å². The molecule has 0 amide bonds. The van der Waals surface area contributed by atoms with Crippen molar-refractivity contribution >= 4 is 32.8 Å². The molecule has 2 heterocycles. The van der Waals surface area contributed by atoms with Crippen LogP contribution in [0.4, 0.5) is 11.4 Å². The Hall–Kier alpha value is -5.44. The largest absolute Gasteiger partial charge is 0.327 e. The highest BCUT2D eigenvalue weighted by Crippen LogP contribution is 2.68. The second-order valence-electron chi connectivity index (χ2n) is 18.7. The fourth-order valence-corrected chi connectivity index (χ4v) is 15.3. The van der Waals surface area contributed by atoms with Crippen molar-refractivity contribution in [2.24, 2.45) is 5.92 Å². The van der Waals surface area contributed by atoms with Crippen molar-refractivity contribution in [1.29, 1.82) is 0 Å². The molecule has 0 radical (unpaired) electrons. The van der Waals surface area contributed by atoms with Gasteiger partial charge in [-0.05, 0) is 131 Å². The second kappa shape index (κ2) is 11.2. The molecule has 6 aromatic carbocycles. The van der Waals surface area contributed by atoms with Crippen LogP contribution in [0.1, 0.15) is 97.6 Å². The van der Waals surface area contributed by atoms with Gasteiger partial charge in [0.15, 0.2) is 0 Å². The molecule has 2 spiro atoms. The molecule has 6 aliphatic rings. The fraction of sp³-hybridized carbons (Fsp3) is 0.250. The monoisotopic (exact) mass is 765 g/mol. The summed E-state index contributed by atoms with van der Waals surface area (Å²) in [5.74, 6) is 0.737. The lowest BCUT2D eigenvalue weighted by molar-refractivity contribution is 0.265. The zero-order valence-electron chi connectivity index (χ0n) is 33.8. The summed E-state index contributed by atoms with van der Waals surface area (Å²) >= 11 is 2.03. The lowest BCUT2D eigenvalue weighted by atomic mass is 9.53. The van der Waals surface area contributed by atoms with Crippen LogP contribution in [0.25, 0.3) is 32.3 Å². The molecule has 0 N–H and O–H groups in total. The van der Waals surface area contributed by atoms with Crippen molar-refractivity contribution in [1.82, 2.24) is 0 Å². The lowest BCUT2D eigenvalue weighted by Crippen LogP contribution is -2.56. The van der Waals surface area contributed by atoms with Crippen molar-refractivity contribution in [3.63, 3.8) is 0 Å². The number of fused-ring (bicyclic) bond motifs is 16. The minimum Gasteiger partial charge on any atom is -0.327 e. The van der Waals surface area contributed by atoms with Gasteiger partial charge in [-0.1, -0.05) is 147 Å². The SMILES string of the molecule is CC1C=CC2(C)C3=C1C(C)c1sc4ccccc4c1C3(C)N(c1ccc3c(c1)C1(CCC4(CC1)c1ccccc1-c1ccccc14)c1ccccc1-3)c1ccccc12. The van der Waals surface area contributed by atoms with Crippen molar-refractivity contribution in [3.8, 4) is 22.3 Å². The molecule has 1 saturated carbocycles. The third-order valence-corrected chi connectivity index (χ3v) is 17.6. The van der Waals surface area contributed by atoms with Crippen LogP contribution in [0.5, 0.6) is 0 Å². The molecular formula is C56H47NS. The zero-order chi connectivity index (χ0) is 38.8. The average molecular weight is 766 g/mol. The first-order valence-electron chi connectivity index (χ1n) is 21.6. The summed E-state index contributed by atoms with van der Waals surface area (Å²) in [6.45, 7) is 10.0. The normalized spacial score (nSPS) is 25.9. The van der Waals surface area contributed by atoms with Crippen LogP contribution in [0.3, 0.4) is 0 Å². The molecule has 1 aliphatic heterocycles. The molecule has 4 unspecified atom stereocenters. The standard InChI is InChI=1S/C56H47NS/c1-34-27-28-53(3)45-22-12-13-23-47(45)57(54(4)50-41-18-8-14-24-48(41)58-51(50)35(2)49(34)52(53)54)36-25-26-40-39-17-7-11-21-44(39)56(46(40)33-36)31-29-55(30-32-56)42-19-9-5-15-37(42)38-16-6-10-20-43(38)55/h5-28,33-35H,29-32H2,1-4H3. The van der Waals surface area contributed by atoms with E-state index in [2.05, 4.69) is 184 Å². The summed E-state index contributed by atoms with van der Waals surface area (Å²) in [5, 5.41) is 1.41. The Morgan fingerprint density at radius 2 is 1.10 bits per heavy atom. The maximum atomic E-state index is 2.81. The predicted molar refractivity (Wildman–Crippen MR) is 243 cm³/mol. The number of thiophene rings is 1. The molecule has 0 bridgehead atoms. The van der Waals surface area contributed by atoms with E-state index in [1.807, 2.05) is 11.3 Å². The number of rotatable bonds is 1. The first kappa shape index (κ1) is 33.5. The topological polar surface area (TPSA) is 3.24 Å². The van der Waals surface area contributed by atoms with Gasteiger partial charge in [-0.25, -0.2) is 0 Å². The van der Waals surface area contributed by atoms with E-state index in [1.54, 1.807) is 11.1 Å². The van der Waals surface area contributed by atoms with E-state index in [9.17, 15) is 0 Å². The quantitative estimate of drug-likeness (QED) is 0.150. The van der Waals surface area contributed by atoms with Gasteiger partial charge in [0.2, 0.25) is 0 Å². The number of nitrogens with zero attached hydrogens (tertiary/aromatic N) is 1. The Kier molecular flexibility index (Phi) is 6.46. The van der Waals surface area contributed by atoms with Gasteiger partial charge in [0.05, 0.1) is 5.54 Å². The van der Waals surface area contributed by atoms with Gasteiger partial charge in [-0.3, -0.25) is 0 Å². The number of anilines is 2. The van der Waals surface area contributed by atoms with E-state index in [-0.39, 0.29) is 21.8 Å². The third-order valence-electron chi connectivity index (χ3n) is 16.3. The Labute approximate surface area is 346 Å². The number of hydrogen-bond donors (Lipinski definition) is 0. The third kappa shape index (κ3) is 3.81. The maximum absolute atomic E-state index is 2.81. The van der Waals surface area contributed by atoms with Crippen LogP contribution < -0.4 is 4.90 Å². The summed E-state index contributed by atoms with van der Waals surface area (Å²) in [6.07, 6.45) is 9.61. The highest BCUT2D eigenvalue weighted by atomic mass is 32.1. The molecule has 1 aromatic heterocycles. The van der Waals surface area contributed by atoms with Crippen LogP contribution in [0.15, 0.2) is 163 Å². The number of hydrogen-bond acceptors (Lipinski definition) is 2. The van der Waals surface area contributed by atoms with Gasteiger partial charge in [0.25, 0.3) is 0 Å². The molecule has 58 heavy (non-hydrogen) atoms. The summed E-state index contributed by atoms with van der Waals surface area (Å²) in [7, 11) is 0. The molecule has 4 atom stereocenters. The van der Waals surface area contributed by atoms with E-state index in [4.69, 9.17) is 0 Å². The van der Waals surface area contributed by atoms with Crippen LogP contribution in [0, 0.1) is 5.92 Å². The molecular weight excluding hydrogens is 719 g/mol. The highest BCUT2D eigenvalue weighted by Gasteiger charge is 2.59. The summed E-state index contributed by atoms with van der Waals surface area (Å²) in [4.78, 5) is 4.34. The fourth-order valence-electron chi connectivity index (χ4n) is 14.0. The minimum absolute atomic E-state index is 0.0434. The van der Waals surface area contributed by atoms with Crippen LogP contribution in [-0.2, 0) is 21.8 Å². The molecule has 5 aliphatic carbocycles. The minimum atomic E-state index is -0.389. The number of allylic oxidation sites excluding steroid dienone is 3. The molecule has 0 saturated heterocycles. The van der Waals surface area contributed by atoms with Gasteiger partial charge in [-0.2, -0.15) is 0 Å². The molecule has 2 heteroatoms. The number of benzene rings is 6. The Balaban J connectivity index is 1.04. The van der Waals surface area contributed by atoms with Gasteiger partial charge >= 0.3 is 0 Å². The predicted octanol–water partition coefficient (Wildman–Crippen LogP) is 14.7. The average Bonchev–Trinajstić information content (AvgIpc) is 3.88. The Bertz CT molecular complexity index is 2950. The first-order valence-corrected chi connectivity index (χ1v) is 22.4. The molecule has 1 nitrogen and oxygen atoms in total. The van der Waals surface area contributed by atoms with Gasteiger partial charge in [0.1, 0.15) is 0 Å². The van der Waals surface area contributed by atoms with Crippen molar-refractivity contribution in [2.45, 2.75) is 81.1 Å². The maximum Gasteiger partial charge on any atom is 0.0918 e. The van der Waals surface area contributed by atoms with Crippen LogP contribution in [-0.4, -0.2) is 0 Å². The van der Waals surface area contributed by atoms with E-state index in [0.717, 1.165) is 25.7 Å². The van der Waals surface area contributed by atoms with Crippen LogP contribution >= 0.6 is 11.3 Å². The van der Waals surface area contributed by atoms with Crippen LogP contribution in [0.2, 0.25) is 0 Å². The summed E-state index contributed by atoms with van der Waals surface area (Å²) < 4.78 is 1.40. The first-order chi connectivity index (χ1) is 28.3. The molecule has 13 rings (SSSR count). The highest BCUT2D eigenvalue weighted by molar-refractivity contribution is 7.19. The van der Waals surface area contributed by atoms with E-state index in [0.29, 0.717) is 11.8 Å². The van der Waals surface area contributed by atoms with E-state index >= 15 is 0 Å². The molecule has 1 fully saturated rings. The molecule has 282 valence electrons. The Morgan fingerprint density at radius 3 is 1.76 bits per heavy atom. The van der Waals surface area contributed by atoms with Gasteiger partial charge < -0.3 is 4.90 Å². The van der Waals surface area contributed by atoms with E-state index in [1.165, 1.54) is 82.0 Å². The van der Waals surface area contributed by atoms with Crippen molar-refractivity contribution in [2.75, 3.05) is 4.90 Å². The summed E-state index contributed by atoms with van der Waals surface area (Å²) in [5.41, 5.74) is 20.1. The smallest absolute Gasteiger partial charge is 0.0918 e. The van der Waals surface area contributed by atoms with Gasteiger partial charge in [0, 0.05) is 48.7 Å². The molecule has 7 aromatic rings. The van der Waals surface area contributed by atoms with Crippen molar-refractivity contribution < 1.29 is 0 Å².